The number of nitrogens with zero attached hydrogens (tertiary/aromatic N) is 3. The quantitative estimate of drug-likeness (QED) is 0.827. The number of aryl methyl sites for hydroxylation is 1. The third-order valence-electron chi connectivity index (χ3n) is 4.48. The molecular formula is C18H21N3O4. The van der Waals surface area contributed by atoms with Gasteiger partial charge in [0.2, 0.25) is 0 Å². The van der Waals surface area contributed by atoms with Gasteiger partial charge in [0, 0.05) is 44.7 Å². The first-order valence-electron chi connectivity index (χ1n) is 8.32. The third kappa shape index (κ3) is 3.22. The normalized spacial score (nSPS) is 14.6. The Kier molecular flexibility index (Phi) is 4.74. The fraction of sp³-hybridized carbons (Fsp3) is 0.389. The molecular weight excluding hydrogens is 322 g/mol. The lowest BCUT2D eigenvalue weighted by Gasteiger charge is -2.34. The maximum atomic E-state index is 12.9. The highest BCUT2D eigenvalue weighted by atomic mass is 16.6. The van der Waals surface area contributed by atoms with Gasteiger partial charge in [-0.1, -0.05) is 18.2 Å². The first kappa shape index (κ1) is 17.0. The molecule has 132 valence electrons. The van der Waals surface area contributed by atoms with Crippen LogP contribution in [-0.4, -0.2) is 59.2 Å². The van der Waals surface area contributed by atoms with Crippen molar-refractivity contribution in [3.05, 3.63) is 46.2 Å². The molecule has 1 saturated heterocycles. The first-order valence-corrected chi connectivity index (χ1v) is 8.32. The number of rotatable bonds is 2. The number of fused-ring (bicyclic) bond motifs is 1. The van der Waals surface area contributed by atoms with E-state index in [2.05, 4.69) is 0 Å². The van der Waals surface area contributed by atoms with E-state index in [1.165, 1.54) is 10.6 Å². The van der Waals surface area contributed by atoms with Crippen LogP contribution in [0.2, 0.25) is 0 Å². The Morgan fingerprint density at radius 3 is 2.40 bits per heavy atom. The average Bonchev–Trinajstić information content (AvgIpc) is 2.64. The molecule has 25 heavy (non-hydrogen) atoms. The highest BCUT2D eigenvalue weighted by Crippen LogP contribution is 2.19. The standard InChI is InChI=1S/C18H21N3O4/c1-3-25-18(24)21-10-8-20(9-11-21)17(23)14-12-16(22)19(2)15-7-5-4-6-13(14)15/h4-7,12H,3,8-11H2,1-2H3. The Morgan fingerprint density at radius 2 is 1.72 bits per heavy atom. The fourth-order valence-electron chi connectivity index (χ4n) is 3.06. The average molecular weight is 343 g/mol. The molecule has 7 nitrogen and oxygen atoms in total. The van der Waals surface area contributed by atoms with E-state index in [1.54, 1.807) is 23.8 Å². The predicted octanol–water partition coefficient (Wildman–Crippen LogP) is 1.45. The summed E-state index contributed by atoms with van der Waals surface area (Å²) in [6.45, 7) is 3.78. The Hall–Kier alpha value is -2.83. The number of para-hydroxylation sites is 1. The second-order valence-electron chi connectivity index (χ2n) is 5.95. The molecule has 1 aromatic heterocycles. The van der Waals surface area contributed by atoms with Crippen molar-refractivity contribution in [3.63, 3.8) is 0 Å². The Labute approximate surface area is 145 Å². The fourth-order valence-corrected chi connectivity index (χ4v) is 3.06. The number of hydrogen-bond donors (Lipinski definition) is 0. The molecule has 1 aliphatic heterocycles. The van der Waals surface area contributed by atoms with E-state index in [4.69, 9.17) is 4.74 Å². The molecule has 2 amide bonds. The van der Waals surface area contributed by atoms with Gasteiger partial charge in [-0.15, -0.1) is 0 Å². The SMILES string of the molecule is CCOC(=O)N1CCN(C(=O)c2cc(=O)n(C)c3ccccc23)CC1. The minimum atomic E-state index is -0.353. The van der Waals surface area contributed by atoms with Crippen LogP contribution >= 0.6 is 0 Å². The molecule has 7 heteroatoms. The van der Waals surface area contributed by atoms with Crippen LogP contribution in [0.4, 0.5) is 4.79 Å². The number of benzene rings is 1. The molecule has 2 heterocycles. The monoisotopic (exact) mass is 343 g/mol. The van der Waals surface area contributed by atoms with Crippen molar-refractivity contribution in [2.75, 3.05) is 32.8 Å². The van der Waals surface area contributed by atoms with Gasteiger partial charge in [0.25, 0.3) is 11.5 Å². The maximum Gasteiger partial charge on any atom is 0.409 e. The van der Waals surface area contributed by atoms with E-state index in [-0.39, 0.29) is 17.6 Å². The van der Waals surface area contributed by atoms with Gasteiger partial charge >= 0.3 is 6.09 Å². The van der Waals surface area contributed by atoms with Crippen LogP contribution in [-0.2, 0) is 11.8 Å². The zero-order valence-corrected chi connectivity index (χ0v) is 14.4. The van der Waals surface area contributed by atoms with Crippen LogP contribution in [0.25, 0.3) is 10.9 Å². The molecule has 0 spiro atoms. The number of piperazine rings is 1. The van der Waals surface area contributed by atoms with E-state index in [0.717, 1.165) is 10.9 Å². The smallest absolute Gasteiger partial charge is 0.409 e. The molecule has 1 fully saturated rings. The van der Waals surface area contributed by atoms with Crippen LogP contribution in [0.15, 0.2) is 35.1 Å². The molecule has 1 aromatic carbocycles. The van der Waals surface area contributed by atoms with E-state index < -0.39 is 0 Å². The van der Waals surface area contributed by atoms with Crippen molar-refractivity contribution < 1.29 is 14.3 Å². The number of pyridine rings is 1. The molecule has 2 aromatic rings. The summed E-state index contributed by atoms with van der Waals surface area (Å²) in [6, 6.07) is 8.75. The molecule has 0 aliphatic carbocycles. The lowest BCUT2D eigenvalue weighted by molar-refractivity contribution is 0.0572. The second-order valence-corrected chi connectivity index (χ2v) is 5.95. The summed E-state index contributed by atoms with van der Waals surface area (Å²) >= 11 is 0. The van der Waals surface area contributed by atoms with E-state index in [1.807, 2.05) is 24.3 Å². The third-order valence-corrected chi connectivity index (χ3v) is 4.48. The van der Waals surface area contributed by atoms with Gasteiger partial charge in [0.1, 0.15) is 0 Å². The number of carbonyl (C=O) groups excluding carboxylic acids is 2. The molecule has 0 N–H and O–H groups in total. The molecule has 0 saturated carbocycles. The second kappa shape index (κ2) is 6.96. The van der Waals surface area contributed by atoms with E-state index in [9.17, 15) is 14.4 Å². The molecule has 1 aliphatic rings. The zero-order valence-electron chi connectivity index (χ0n) is 14.4. The Morgan fingerprint density at radius 1 is 1.08 bits per heavy atom. The van der Waals surface area contributed by atoms with Crippen LogP contribution in [0, 0.1) is 0 Å². The Balaban J connectivity index is 1.83. The van der Waals surface area contributed by atoms with Crippen molar-refractivity contribution in [1.29, 1.82) is 0 Å². The zero-order chi connectivity index (χ0) is 18.0. The Bertz CT molecular complexity index is 866. The predicted molar refractivity (Wildman–Crippen MR) is 93.7 cm³/mol. The summed E-state index contributed by atoms with van der Waals surface area (Å²) in [7, 11) is 1.69. The van der Waals surface area contributed by atoms with Gasteiger partial charge in [-0.2, -0.15) is 0 Å². The number of ether oxygens (including phenoxy) is 1. The van der Waals surface area contributed by atoms with Crippen molar-refractivity contribution in [2.45, 2.75) is 6.92 Å². The van der Waals surface area contributed by atoms with Crippen molar-refractivity contribution in [1.82, 2.24) is 14.4 Å². The van der Waals surface area contributed by atoms with Crippen LogP contribution in [0.1, 0.15) is 17.3 Å². The van der Waals surface area contributed by atoms with Gasteiger partial charge in [-0.05, 0) is 13.0 Å². The van der Waals surface area contributed by atoms with Crippen LogP contribution in [0.3, 0.4) is 0 Å². The van der Waals surface area contributed by atoms with Crippen LogP contribution in [0.5, 0.6) is 0 Å². The number of aromatic nitrogens is 1. The molecule has 3 rings (SSSR count). The van der Waals surface area contributed by atoms with Crippen LogP contribution < -0.4 is 5.56 Å². The number of amides is 2. The van der Waals surface area contributed by atoms with Gasteiger partial charge in [-0.3, -0.25) is 9.59 Å². The topological polar surface area (TPSA) is 71.8 Å². The lowest BCUT2D eigenvalue weighted by atomic mass is 10.1. The maximum absolute atomic E-state index is 12.9. The highest BCUT2D eigenvalue weighted by Gasteiger charge is 2.26. The van der Waals surface area contributed by atoms with Crippen molar-refractivity contribution >= 4 is 22.9 Å². The lowest BCUT2D eigenvalue weighted by Crippen LogP contribution is -2.50. The minimum Gasteiger partial charge on any atom is -0.450 e. The first-order chi connectivity index (χ1) is 12.0. The summed E-state index contributed by atoms with van der Waals surface area (Å²) in [4.78, 5) is 40.1. The summed E-state index contributed by atoms with van der Waals surface area (Å²) in [5.41, 5.74) is 0.916. The summed E-state index contributed by atoms with van der Waals surface area (Å²) in [5.74, 6) is -0.183. The summed E-state index contributed by atoms with van der Waals surface area (Å²) < 4.78 is 6.52. The largest absolute Gasteiger partial charge is 0.450 e. The molecule has 0 bridgehead atoms. The molecule has 0 unspecified atom stereocenters. The van der Waals surface area contributed by atoms with Crippen molar-refractivity contribution in [2.24, 2.45) is 7.05 Å². The minimum absolute atomic E-state index is 0.183. The van der Waals surface area contributed by atoms with Gasteiger partial charge in [0.15, 0.2) is 0 Å². The van der Waals surface area contributed by atoms with E-state index in [0.29, 0.717) is 38.3 Å². The van der Waals surface area contributed by atoms with E-state index >= 15 is 0 Å². The van der Waals surface area contributed by atoms with Gasteiger partial charge < -0.3 is 19.1 Å². The van der Waals surface area contributed by atoms with Gasteiger partial charge in [0.05, 0.1) is 17.7 Å². The van der Waals surface area contributed by atoms with Crippen molar-refractivity contribution in [3.8, 4) is 0 Å². The summed E-state index contributed by atoms with van der Waals surface area (Å²) in [5, 5.41) is 0.752. The molecule has 0 radical (unpaired) electrons. The highest BCUT2D eigenvalue weighted by molar-refractivity contribution is 6.06. The molecule has 0 atom stereocenters. The summed E-state index contributed by atoms with van der Waals surface area (Å²) in [6.07, 6.45) is -0.353. The number of carbonyl (C=O) groups is 2. The number of hydrogen-bond acceptors (Lipinski definition) is 4. The van der Waals surface area contributed by atoms with Gasteiger partial charge in [-0.25, -0.2) is 4.79 Å².